The van der Waals surface area contributed by atoms with Crippen molar-refractivity contribution < 1.29 is 23.1 Å². The predicted molar refractivity (Wildman–Crippen MR) is 91.6 cm³/mol. The van der Waals surface area contributed by atoms with Crippen molar-refractivity contribution in [1.82, 2.24) is 5.32 Å². The van der Waals surface area contributed by atoms with E-state index in [9.17, 15) is 18.3 Å². The summed E-state index contributed by atoms with van der Waals surface area (Å²) in [6, 6.07) is 6.56. The maximum Gasteiger partial charge on any atom is 0.251 e. The third-order valence-corrected chi connectivity index (χ3v) is 5.16. The van der Waals surface area contributed by atoms with E-state index in [-0.39, 0.29) is 6.54 Å². The van der Waals surface area contributed by atoms with Gasteiger partial charge in [0.15, 0.2) is 0 Å². The van der Waals surface area contributed by atoms with Crippen molar-refractivity contribution in [2.75, 3.05) is 17.1 Å². The van der Waals surface area contributed by atoms with Crippen LogP contribution in [0.3, 0.4) is 0 Å². The molecule has 0 fully saturated rings. The number of hydrogen-bond donors (Lipinski definition) is 2. The van der Waals surface area contributed by atoms with Crippen molar-refractivity contribution in [3.8, 4) is 5.75 Å². The number of aliphatic hydroxyl groups is 1. The Labute approximate surface area is 142 Å². The van der Waals surface area contributed by atoms with Gasteiger partial charge in [-0.05, 0) is 32.9 Å². The molecular weight excluding hydrogens is 332 g/mol. The van der Waals surface area contributed by atoms with Crippen LogP contribution in [0.5, 0.6) is 5.75 Å². The zero-order valence-electron chi connectivity index (χ0n) is 14.3. The zero-order chi connectivity index (χ0) is 18.1. The van der Waals surface area contributed by atoms with E-state index in [2.05, 4.69) is 5.32 Å². The number of carbonyl (C=O) groups is 1. The normalized spacial score (nSPS) is 21.0. The highest BCUT2D eigenvalue weighted by Gasteiger charge is 2.37. The van der Waals surface area contributed by atoms with Gasteiger partial charge in [0.1, 0.15) is 17.5 Å². The highest BCUT2D eigenvalue weighted by molar-refractivity contribution is 7.92. The molecule has 2 N–H and O–H groups in total. The minimum absolute atomic E-state index is 0.275. The van der Waals surface area contributed by atoms with Gasteiger partial charge in [-0.2, -0.15) is 0 Å². The van der Waals surface area contributed by atoms with Crippen molar-refractivity contribution in [2.24, 2.45) is 0 Å². The van der Waals surface area contributed by atoms with Crippen LogP contribution in [0, 0.1) is 0 Å². The summed E-state index contributed by atoms with van der Waals surface area (Å²) < 4.78 is 31.6. The second-order valence-electron chi connectivity index (χ2n) is 6.53. The van der Waals surface area contributed by atoms with Gasteiger partial charge in [-0.15, -0.1) is 0 Å². The van der Waals surface area contributed by atoms with E-state index in [1.165, 1.54) is 24.4 Å². The molecule has 1 heterocycles. The highest BCUT2D eigenvalue weighted by Crippen LogP contribution is 2.38. The van der Waals surface area contributed by atoms with E-state index in [0.29, 0.717) is 17.9 Å². The first kappa shape index (κ1) is 18.5. The highest BCUT2D eigenvalue weighted by atomic mass is 32.2. The number of nitrogens with zero attached hydrogens (tertiary/aromatic N) is 1. The summed E-state index contributed by atoms with van der Waals surface area (Å²) in [5.41, 5.74) is -0.936. The summed E-state index contributed by atoms with van der Waals surface area (Å²) in [7, 11) is -3.46. The molecule has 0 radical (unpaired) electrons. The zero-order valence-corrected chi connectivity index (χ0v) is 15.1. The minimum atomic E-state index is -3.46. The van der Waals surface area contributed by atoms with Crippen molar-refractivity contribution in [3.63, 3.8) is 0 Å². The van der Waals surface area contributed by atoms with Crippen LogP contribution in [0.25, 0.3) is 0 Å². The fourth-order valence-corrected chi connectivity index (χ4v) is 3.94. The number of nitrogens with one attached hydrogen (secondary N) is 1. The van der Waals surface area contributed by atoms with E-state index < -0.39 is 33.7 Å². The quantitative estimate of drug-likeness (QED) is 0.816. The second kappa shape index (κ2) is 6.60. The summed E-state index contributed by atoms with van der Waals surface area (Å²) >= 11 is 0. The second-order valence-corrected chi connectivity index (χ2v) is 8.39. The number of benzene rings is 1. The first-order valence-electron chi connectivity index (χ1n) is 7.77. The van der Waals surface area contributed by atoms with Crippen LogP contribution in [0.1, 0.15) is 27.2 Å². The predicted octanol–water partition coefficient (Wildman–Crippen LogP) is 0.879. The van der Waals surface area contributed by atoms with Gasteiger partial charge in [0.05, 0.1) is 18.0 Å². The maximum absolute atomic E-state index is 12.2. The number of rotatable bonds is 5. The number of para-hydroxylation sites is 2. The van der Waals surface area contributed by atoms with Crippen molar-refractivity contribution in [1.29, 1.82) is 0 Å². The van der Waals surface area contributed by atoms with Crippen LogP contribution in [-0.4, -0.2) is 50.0 Å². The molecule has 24 heavy (non-hydrogen) atoms. The van der Waals surface area contributed by atoms with E-state index >= 15 is 0 Å². The molecule has 1 unspecified atom stereocenters. The molecule has 0 saturated carbocycles. The lowest BCUT2D eigenvalue weighted by Crippen LogP contribution is -2.51. The van der Waals surface area contributed by atoms with Gasteiger partial charge >= 0.3 is 0 Å². The van der Waals surface area contributed by atoms with Gasteiger partial charge in [-0.3, -0.25) is 9.10 Å². The van der Waals surface area contributed by atoms with Crippen molar-refractivity contribution >= 4 is 21.6 Å². The Morgan fingerprint density at radius 1 is 1.38 bits per heavy atom. The Morgan fingerprint density at radius 2 is 2.00 bits per heavy atom. The average Bonchev–Trinajstić information content (AvgIpc) is 2.45. The number of sulfonamides is 1. The lowest BCUT2D eigenvalue weighted by atomic mass is 10.1. The summed E-state index contributed by atoms with van der Waals surface area (Å²) in [4.78, 5) is 11.7. The Balaban J connectivity index is 2.15. The van der Waals surface area contributed by atoms with Crippen molar-refractivity contribution in [2.45, 2.75) is 44.9 Å². The van der Waals surface area contributed by atoms with E-state index in [0.717, 1.165) is 0 Å². The van der Waals surface area contributed by atoms with Gasteiger partial charge in [0.2, 0.25) is 10.0 Å². The third kappa shape index (κ3) is 3.99. The molecule has 0 spiro atoms. The molecule has 1 aliphatic rings. The number of carbonyl (C=O) groups excluding carboxylic acids is 1. The number of ether oxygens (including phenoxy) is 1. The molecule has 1 amide bonds. The largest absolute Gasteiger partial charge is 0.486 e. The first-order chi connectivity index (χ1) is 11.0. The topological polar surface area (TPSA) is 95.9 Å². The molecule has 1 aliphatic heterocycles. The number of hydrogen-bond acceptors (Lipinski definition) is 5. The molecule has 7 nitrogen and oxygen atoms in total. The van der Waals surface area contributed by atoms with E-state index in [1.54, 1.807) is 31.2 Å². The van der Waals surface area contributed by atoms with Crippen molar-refractivity contribution in [3.05, 3.63) is 24.3 Å². The molecule has 1 aromatic rings. The van der Waals surface area contributed by atoms with Gasteiger partial charge in [-0.25, -0.2) is 8.42 Å². The van der Waals surface area contributed by atoms with Crippen LogP contribution < -0.4 is 14.4 Å². The van der Waals surface area contributed by atoms with Crippen LogP contribution >= 0.6 is 0 Å². The average molecular weight is 356 g/mol. The molecule has 0 aromatic heterocycles. The molecule has 0 bridgehead atoms. The molecular formula is C16H24N2O5S. The molecule has 8 heteroatoms. The third-order valence-electron chi connectivity index (χ3n) is 3.92. The summed E-state index contributed by atoms with van der Waals surface area (Å²) in [6.45, 7) is 4.87. The fourth-order valence-electron chi connectivity index (χ4n) is 2.70. The van der Waals surface area contributed by atoms with Crippen LogP contribution in [0.15, 0.2) is 24.3 Å². The van der Waals surface area contributed by atoms with Crippen LogP contribution in [-0.2, 0) is 14.8 Å². The smallest absolute Gasteiger partial charge is 0.251 e. The fraction of sp³-hybridized carbons (Fsp3) is 0.562. The van der Waals surface area contributed by atoms with Gasteiger partial charge in [0.25, 0.3) is 5.91 Å². The molecule has 0 aliphatic carbocycles. The van der Waals surface area contributed by atoms with Crippen LogP contribution in [0.2, 0.25) is 0 Å². The Morgan fingerprint density at radius 3 is 2.58 bits per heavy atom. The van der Waals surface area contributed by atoms with Gasteiger partial charge < -0.3 is 15.2 Å². The Kier molecular flexibility index (Phi) is 5.10. The standard InChI is InChI=1S/C16H24N2O5S/c1-11-13(9-10-17-15(19)16(2,3)20)23-14-8-6-5-7-12(14)18(11)24(4,21)22/h5-8,11,13,20H,9-10H2,1-4H3,(H,17,19)/t11-,13?/m1/s1. The minimum Gasteiger partial charge on any atom is -0.486 e. The van der Waals surface area contributed by atoms with Gasteiger partial charge in [0, 0.05) is 13.0 Å². The molecule has 134 valence electrons. The monoisotopic (exact) mass is 356 g/mol. The SMILES string of the molecule is C[C@@H]1C(CCNC(=O)C(C)(C)O)Oc2ccccc2N1S(C)(=O)=O. The Hall–Kier alpha value is -1.80. The molecule has 0 saturated heterocycles. The Bertz CT molecular complexity index is 711. The molecule has 2 atom stereocenters. The van der Waals surface area contributed by atoms with Crippen LogP contribution in [0.4, 0.5) is 5.69 Å². The summed E-state index contributed by atoms with van der Waals surface area (Å²) in [5.74, 6) is 0.0196. The number of fused-ring (bicyclic) bond motifs is 1. The summed E-state index contributed by atoms with van der Waals surface area (Å²) in [6.07, 6.45) is 1.18. The van der Waals surface area contributed by atoms with E-state index in [4.69, 9.17) is 4.74 Å². The lowest BCUT2D eigenvalue weighted by Gasteiger charge is -2.40. The van der Waals surface area contributed by atoms with E-state index in [1.807, 2.05) is 0 Å². The maximum atomic E-state index is 12.2. The lowest BCUT2D eigenvalue weighted by molar-refractivity contribution is -0.136. The molecule has 1 aromatic carbocycles. The number of amides is 1. The summed E-state index contributed by atoms with van der Waals surface area (Å²) in [5, 5.41) is 12.3. The number of anilines is 1. The molecule has 2 rings (SSSR count). The van der Waals surface area contributed by atoms with Gasteiger partial charge in [-0.1, -0.05) is 12.1 Å². The first-order valence-corrected chi connectivity index (χ1v) is 9.62.